The zero-order valence-corrected chi connectivity index (χ0v) is 18.7. The number of aryl methyl sites for hydroxylation is 1. The van der Waals surface area contributed by atoms with Crippen molar-refractivity contribution >= 4 is 21.6 Å². The van der Waals surface area contributed by atoms with Crippen molar-refractivity contribution < 1.29 is 17.9 Å². The van der Waals surface area contributed by atoms with Crippen LogP contribution in [0.3, 0.4) is 0 Å². The molecule has 30 heavy (non-hydrogen) atoms. The zero-order chi connectivity index (χ0) is 21.9. The summed E-state index contributed by atoms with van der Waals surface area (Å²) < 4.78 is 32.8. The molecule has 0 aromatic heterocycles. The third-order valence-corrected chi connectivity index (χ3v) is 7.14. The highest BCUT2D eigenvalue weighted by molar-refractivity contribution is 7.89. The summed E-state index contributed by atoms with van der Waals surface area (Å²) in [7, 11) is -2.28. The van der Waals surface area contributed by atoms with E-state index in [1.807, 2.05) is 6.07 Å². The van der Waals surface area contributed by atoms with E-state index in [0.29, 0.717) is 31.9 Å². The summed E-state index contributed by atoms with van der Waals surface area (Å²) >= 11 is 0. The summed E-state index contributed by atoms with van der Waals surface area (Å²) in [4.78, 5) is 16.9. The molecule has 1 atom stereocenters. The van der Waals surface area contributed by atoms with Gasteiger partial charge in [-0.25, -0.2) is 8.42 Å². The fourth-order valence-corrected chi connectivity index (χ4v) is 4.82. The molecule has 162 valence electrons. The number of piperazine rings is 1. The Morgan fingerprint density at radius 1 is 1.03 bits per heavy atom. The monoisotopic (exact) mass is 431 g/mol. The van der Waals surface area contributed by atoms with Gasteiger partial charge < -0.3 is 14.5 Å². The highest BCUT2D eigenvalue weighted by Crippen LogP contribution is 2.24. The van der Waals surface area contributed by atoms with Crippen LogP contribution in [0.2, 0.25) is 0 Å². The molecule has 0 aliphatic carbocycles. The average Bonchev–Trinajstić information content (AvgIpc) is 2.75. The molecule has 0 unspecified atom stereocenters. The standard InChI is InChI=1S/C22H29N3O4S/c1-16-6-5-7-21(17(16)2)24-12-14-25(15-13-24)22(26)18(3)23-30(27,28)20-10-8-19(29-4)9-11-20/h5-11,18,23H,12-15H2,1-4H3/t18-/m0/s1. The third-order valence-electron chi connectivity index (χ3n) is 5.58. The first-order valence-electron chi connectivity index (χ1n) is 9.99. The first-order chi connectivity index (χ1) is 14.2. The van der Waals surface area contributed by atoms with Gasteiger partial charge in [-0.15, -0.1) is 0 Å². The minimum atomic E-state index is -3.80. The van der Waals surface area contributed by atoms with Crippen LogP contribution in [0.1, 0.15) is 18.1 Å². The maximum atomic E-state index is 12.8. The topological polar surface area (TPSA) is 78.9 Å². The Kier molecular flexibility index (Phi) is 6.67. The lowest BCUT2D eigenvalue weighted by Crippen LogP contribution is -2.54. The Morgan fingerprint density at radius 2 is 1.67 bits per heavy atom. The van der Waals surface area contributed by atoms with Gasteiger partial charge in [-0.1, -0.05) is 12.1 Å². The normalized spacial score (nSPS) is 15.7. The van der Waals surface area contributed by atoms with Gasteiger partial charge in [0.2, 0.25) is 15.9 Å². The second-order valence-electron chi connectivity index (χ2n) is 7.55. The smallest absolute Gasteiger partial charge is 0.241 e. The molecule has 1 heterocycles. The second kappa shape index (κ2) is 9.06. The van der Waals surface area contributed by atoms with Crippen LogP contribution in [0, 0.1) is 13.8 Å². The molecule has 1 N–H and O–H groups in total. The van der Waals surface area contributed by atoms with Gasteiger partial charge in [-0.3, -0.25) is 4.79 Å². The number of nitrogens with one attached hydrogen (secondary N) is 1. The summed E-state index contributed by atoms with van der Waals surface area (Å²) in [6.07, 6.45) is 0. The quantitative estimate of drug-likeness (QED) is 0.760. The molecule has 3 rings (SSSR count). The Morgan fingerprint density at radius 3 is 2.27 bits per heavy atom. The minimum absolute atomic E-state index is 0.0997. The van der Waals surface area contributed by atoms with Crippen LogP contribution in [-0.4, -0.2) is 58.6 Å². The fraction of sp³-hybridized carbons (Fsp3) is 0.409. The van der Waals surface area contributed by atoms with E-state index in [-0.39, 0.29) is 10.8 Å². The molecule has 0 radical (unpaired) electrons. The van der Waals surface area contributed by atoms with Crippen molar-refractivity contribution in [3.8, 4) is 5.75 Å². The number of carbonyl (C=O) groups excluding carboxylic acids is 1. The summed E-state index contributed by atoms with van der Waals surface area (Å²) in [5, 5.41) is 0. The summed E-state index contributed by atoms with van der Waals surface area (Å²) in [5.74, 6) is 0.354. The zero-order valence-electron chi connectivity index (χ0n) is 17.9. The molecule has 8 heteroatoms. The lowest BCUT2D eigenvalue weighted by Gasteiger charge is -2.38. The number of hydrogen-bond acceptors (Lipinski definition) is 5. The van der Waals surface area contributed by atoms with Crippen molar-refractivity contribution in [2.75, 3.05) is 38.2 Å². The van der Waals surface area contributed by atoms with Crippen LogP contribution in [0.4, 0.5) is 5.69 Å². The number of benzene rings is 2. The van der Waals surface area contributed by atoms with Crippen LogP contribution in [0.15, 0.2) is 47.4 Å². The molecule has 1 aliphatic heterocycles. The summed E-state index contributed by atoms with van der Waals surface area (Å²) in [6, 6.07) is 11.5. The molecule has 1 fully saturated rings. The second-order valence-corrected chi connectivity index (χ2v) is 9.26. The number of anilines is 1. The van der Waals surface area contributed by atoms with Gasteiger partial charge in [0.25, 0.3) is 0 Å². The maximum Gasteiger partial charge on any atom is 0.241 e. The lowest BCUT2D eigenvalue weighted by atomic mass is 10.1. The van der Waals surface area contributed by atoms with Crippen molar-refractivity contribution in [1.82, 2.24) is 9.62 Å². The van der Waals surface area contributed by atoms with E-state index in [9.17, 15) is 13.2 Å². The third kappa shape index (κ3) is 4.76. The van der Waals surface area contributed by atoms with Crippen molar-refractivity contribution in [2.24, 2.45) is 0 Å². The van der Waals surface area contributed by atoms with E-state index in [1.165, 1.54) is 36.1 Å². The van der Waals surface area contributed by atoms with Gasteiger partial charge in [-0.2, -0.15) is 4.72 Å². The fourth-order valence-electron chi connectivity index (χ4n) is 3.63. The average molecular weight is 432 g/mol. The predicted molar refractivity (Wildman–Crippen MR) is 117 cm³/mol. The predicted octanol–water partition coefficient (Wildman–Crippen LogP) is 2.33. The Bertz CT molecular complexity index is 998. The first-order valence-corrected chi connectivity index (χ1v) is 11.5. The van der Waals surface area contributed by atoms with Gasteiger partial charge in [-0.05, 0) is 62.2 Å². The molecular formula is C22H29N3O4S. The summed E-state index contributed by atoms with van der Waals surface area (Å²) in [6.45, 7) is 8.33. The number of methoxy groups -OCH3 is 1. The molecule has 7 nitrogen and oxygen atoms in total. The minimum Gasteiger partial charge on any atom is -0.497 e. The van der Waals surface area contributed by atoms with E-state index in [2.05, 4.69) is 35.6 Å². The summed E-state index contributed by atoms with van der Waals surface area (Å²) in [5.41, 5.74) is 3.68. The van der Waals surface area contributed by atoms with Gasteiger partial charge in [0.05, 0.1) is 18.0 Å². The number of hydrogen-bond donors (Lipinski definition) is 1. The SMILES string of the molecule is COc1ccc(S(=O)(=O)N[C@@H](C)C(=O)N2CCN(c3cccc(C)c3C)CC2)cc1. The molecule has 1 aliphatic rings. The van der Waals surface area contributed by atoms with Gasteiger partial charge in [0, 0.05) is 31.9 Å². The van der Waals surface area contributed by atoms with Crippen molar-refractivity contribution in [1.29, 1.82) is 0 Å². The number of amides is 1. The largest absolute Gasteiger partial charge is 0.497 e. The Balaban J connectivity index is 1.61. The van der Waals surface area contributed by atoms with Gasteiger partial charge in [0.15, 0.2) is 0 Å². The lowest BCUT2D eigenvalue weighted by molar-refractivity contribution is -0.132. The number of carbonyl (C=O) groups is 1. The van der Waals surface area contributed by atoms with Crippen LogP contribution in [0.25, 0.3) is 0 Å². The number of ether oxygens (including phenoxy) is 1. The van der Waals surface area contributed by atoms with Gasteiger partial charge in [0.1, 0.15) is 5.75 Å². The van der Waals surface area contributed by atoms with Crippen molar-refractivity contribution in [3.05, 3.63) is 53.6 Å². The van der Waals surface area contributed by atoms with Crippen molar-refractivity contribution in [2.45, 2.75) is 31.7 Å². The molecule has 0 saturated carbocycles. The van der Waals surface area contributed by atoms with Crippen LogP contribution < -0.4 is 14.4 Å². The van der Waals surface area contributed by atoms with Gasteiger partial charge >= 0.3 is 0 Å². The molecule has 0 spiro atoms. The van der Waals surface area contributed by atoms with Crippen LogP contribution >= 0.6 is 0 Å². The number of sulfonamides is 1. The molecular weight excluding hydrogens is 402 g/mol. The highest BCUT2D eigenvalue weighted by Gasteiger charge is 2.28. The van der Waals surface area contributed by atoms with Crippen LogP contribution in [0.5, 0.6) is 5.75 Å². The Labute approximate surface area is 178 Å². The van der Waals surface area contributed by atoms with E-state index in [0.717, 1.165) is 0 Å². The van der Waals surface area contributed by atoms with E-state index < -0.39 is 16.1 Å². The number of nitrogens with zero attached hydrogens (tertiary/aromatic N) is 2. The van der Waals surface area contributed by atoms with E-state index >= 15 is 0 Å². The van der Waals surface area contributed by atoms with E-state index in [1.54, 1.807) is 24.0 Å². The van der Waals surface area contributed by atoms with Crippen molar-refractivity contribution in [3.63, 3.8) is 0 Å². The molecule has 2 aromatic rings. The molecule has 1 saturated heterocycles. The first kappa shape index (κ1) is 22.1. The van der Waals surface area contributed by atoms with E-state index in [4.69, 9.17) is 4.74 Å². The Hall–Kier alpha value is -2.58. The van der Waals surface area contributed by atoms with Crippen LogP contribution in [-0.2, 0) is 14.8 Å². The molecule has 0 bridgehead atoms. The molecule has 1 amide bonds. The maximum absolute atomic E-state index is 12.8. The highest BCUT2D eigenvalue weighted by atomic mass is 32.2. The number of rotatable bonds is 6. The molecule has 2 aromatic carbocycles.